The van der Waals surface area contributed by atoms with Crippen molar-refractivity contribution in [3.05, 3.63) is 42.1 Å². The van der Waals surface area contributed by atoms with Crippen LogP contribution in [0.4, 0.5) is 11.5 Å². The molecule has 0 atom stereocenters. The zero-order chi connectivity index (χ0) is 18.4. The molecule has 0 radical (unpaired) electrons. The highest BCUT2D eigenvalue weighted by Crippen LogP contribution is 2.28. The minimum Gasteiger partial charge on any atom is -0.493 e. The van der Waals surface area contributed by atoms with E-state index in [-0.39, 0.29) is 5.91 Å². The predicted molar refractivity (Wildman–Crippen MR) is 102 cm³/mol. The van der Waals surface area contributed by atoms with Crippen LogP contribution in [-0.2, 0) is 11.2 Å². The van der Waals surface area contributed by atoms with Gasteiger partial charge in [-0.2, -0.15) is 0 Å². The number of aryl methyl sites for hydroxylation is 1. The summed E-state index contributed by atoms with van der Waals surface area (Å²) in [4.78, 5) is 18.9. The Balaban J connectivity index is 1.52. The molecule has 138 valence electrons. The van der Waals surface area contributed by atoms with Gasteiger partial charge >= 0.3 is 0 Å². The summed E-state index contributed by atoms with van der Waals surface area (Å²) in [6.45, 7) is 2.16. The molecule has 2 aromatic rings. The molecule has 1 aliphatic rings. The fraction of sp³-hybridized carbons (Fsp3) is 0.400. The first-order valence-corrected chi connectivity index (χ1v) is 8.91. The summed E-state index contributed by atoms with van der Waals surface area (Å²) >= 11 is 0. The Morgan fingerprint density at radius 2 is 1.88 bits per heavy atom. The standard InChI is InChI=1S/C20H25N3O3/c1-25-17-8-5-15(13-18(17)26-2)6-10-20(24)22-19-9-7-16(14-21-19)23-11-3-4-12-23/h5,7-9,13-14H,3-4,6,10-12H2,1-2H3,(H,21,22,24). The molecule has 2 heterocycles. The number of hydrogen-bond acceptors (Lipinski definition) is 5. The highest BCUT2D eigenvalue weighted by molar-refractivity contribution is 5.90. The zero-order valence-corrected chi connectivity index (χ0v) is 15.3. The third kappa shape index (κ3) is 4.45. The number of nitrogens with one attached hydrogen (secondary N) is 1. The number of rotatable bonds is 7. The normalized spacial score (nSPS) is 13.5. The van der Waals surface area contributed by atoms with Crippen molar-refractivity contribution in [1.29, 1.82) is 0 Å². The first-order valence-electron chi connectivity index (χ1n) is 8.91. The van der Waals surface area contributed by atoms with Gasteiger partial charge in [0.05, 0.1) is 26.1 Å². The second kappa shape index (κ2) is 8.56. The van der Waals surface area contributed by atoms with Crippen LogP contribution in [0.2, 0.25) is 0 Å². The number of benzene rings is 1. The van der Waals surface area contributed by atoms with Crippen LogP contribution in [0.5, 0.6) is 11.5 Å². The van der Waals surface area contributed by atoms with Gasteiger partial charge in [-0.3, -0.25) is 4.79 Å². The number of methoxy groups -OCH3 is 2. The highest BCUT2D eigenvalue weighted by atomic mass is 16.5. The zero-order valence-electron chi connectivity index (χ0n) is 15.3. The summed E-state index contributed by atoms with van der Waals surface area (Å²) < 4.78 is 10.5. The van der Waals surface area contributed by atoms with E-state index in [1.807, 2.05) is 36.5 Å². The molecule has 1 amide bonds. The van der Waals surface area contributed by atoms with Crippen molar-refractivity contribution in [3.8, 4) is 11.5 Å². The van der Waals surface area contributed by atoms with E-state index in [2.05, 4.69) is 15.2 Å². The van der Waals surface area contributed by atoms with Crippen LogP contribution in [0, 0.1) is 0 Å². The molecule has 0 bridgehead atoms. The van der Waals surface area contributed by atoms with Crippen molar-refractivity contribution in [2.45, 2.75) is 25.7 Å². The van der Waals surface area contributed by atoms with Crippen LogP contribution >= 0.6 is 0 Å². The molecule has 0 spiro atoms. The van der Waals surface area contributed by atoms with Crippen molar-refractivity contribution < 1.29 is 14.3 Å². The fourth-order valence-corrected chi connectivity index (χ4v) is 3.12. The third-order valence-corrected chi connectivity index (χ3v) is 4.58. The molecule has 1 saturated heterocycles. The molecule has 26 heavy (non-hydrogen) atoms. The van der Waals surface area contributed by atoms with Crippen molar-refractivity contribution in [2.75, 3.05) is 37.5 Å². The monoisotopic (exact) mass is 355 g/mol. The summed E-state index contributed by atoms with van der Waals surface area (Å²) in [5.41, 5.74) is 2.14. The summed E-state index contributed by atoms with van der Waals surface area (Å²) in [5, 5.41) is 2.86. The number of pyridine rings is 1. The van der Waals surface area contributed by atoms with Crippen LogP contribution in [0.3, 0.4) is 0 Å². The molecule has 1 N–H and O–H groups in total. The van der Waals surface area contributed by atoms with Gasteiger partial charge in [0.25, 0.3) is 0 Å². The van der Waals surface area contributed by atoms with E-state index in [9.17, 15) is 4.79 Å². The summed E-state index contributed by atoms with van der Waals surface area (Å²) in [7, 11) is 3.21. The van der Waals surface area contributed by atoms with E-state index in [4.69, 9.17) is 9.47 Å². The molecule has 1 aromatic heterocycles. The van der Waals surface area contributed by atoms with E-state index >= 15 is 0 Å². The van der Waals surface area contributed by atoms with Crippen LogP contribution < -0.4 is 19.7 Å². The van der Waals surface area contributed by atoms with Crippen LogP contribution in [0.25, 0.3) is 0 Å². The van der Waals surface area contributed by atoms with E-state index in [0.29, 0.717) is 30.2 Å². The van der Waals surface area contributed by atoms with Gasteiger partial charge in [-0.15, -0.1) is 0 Å². The Labute approximate surface area is 154 Å². The van der Waals surface area contributed by atoms with E-state index in [0.717, 1.165) is 24.3 Å². The summed E-state index contributed by atoms with van der Waals surface area (Å²) in [6.07, 6.45) is 5.29. The Bertz CT molecular complexity index is 740. The van der Waals surface area contributed by atoms with Crippen molar-refractivity contribution >= 4 is 17.4 Å². The average molecular weight is 355 g/mol. The van der Waals surface area contributed by atoms with Crippen LogP contribution in [-0.4, -0.2) is 38.2 Å². The first kappa shape index (κ1) is 18.0. The molecule has 3 rings (SSSR count). The number of nitrogens with zero attached hydrogens (tertiary/aromatic N) is 2. The minimum absolute atomic E-state index is 0.0544. The van der Waals surface area contributed by atoms with Crippen molar-refractivity contribution in [1.82, 2.24) is 4.98 Å². The minimum atomic E-state index is -0.0544. The molecular weight excluding hydrogens is 330 g/mol. The quantitative estimate of drug-likeness (QED) is 0.826. The van der Waals surface area contributed by atoms with Gasteiger partial charge in [-0.25, -0.2) is 4.98 Å². The Morgan fingerprint density at radius 3 is 2.54 bits per heavy atom. The third-order valence-electron chi connectivity index (χ3n) is 4.58. The van der Waals surface area contributed by atoms with Gasteiger partial charge in [0.1, 0.15) is 5.82 Å². The fourth-order valence-electron chi connectivity index (χ4n) is 3.12. The van der Waals surface area contributed by atoms with Gasteiger partial charge in [-0.1, -0.05) is 6.07 Å². The number of aromatic nitrogens is 1. The van der Waals surface area contributed by atoms with Crippen LogP contribution in [0.1, 0.15) is 24.8 Å². The lowest BCUT2D eigenvalue weighted by Crippen LogP contribution is -2.18. The largest absolute Gasteiger partial charge is 0.493 e. The first-order chi connectivity index (χ1) is 12.7. The van der Waals surface area contributed by atoms with Gasteiger partial charge in [-0.05, 0) is 49.1 Å². The number of amides is 1. The number of hydrogen-bond donors (Lipinski definition) is 1. The lowest BCUT2D eigenvalue weighted by molar-refractivity contribution is -0.116. The molecule has 0 aliphatic carbocycles. The maximum atomic E-state index is 12.2. The molecule has 1 aliphatic heterocycles. The predicted octanol–water partition coefficient (Wildman–Crippen LogP) is 3.27. The lowest BCUT2D eigenvalue weighted by atomic mass is 10.1. The average Bonchev–Trinajstić information content (AvgIpc) is 3.21. The maximum Gasteiger partial charge on any atom is 0.225 e. The molecular formula is C20H25N3O3. The number of carbonyl (C=O) groups is 1. The SMILES string of the molecule is COc1ccc(CCC(=O)Nc2ccc(N3CCCC3)cn2)cc1OC. The molecule has 0 unspecified atom stereocenters. The Hall–Kier alpha value is -2.76. The second-order valence-corrected chi connectivity index (χ2v) is 6.33. The smallest absolute Gasteiger partial charge is 0.225 e. The summed E-state index contributed by atoms with van der Waals surface area (Å²) in [6, 6.07) is 9.57. The Kier molecular flexibility index (Phi) is 5.94. The number of carbonyl (C=O) groups excluding carboxylic acids is 1. The molecule has 0 saturated carbocycles. The number of ether oxygens (including phenoxy) is 2. The van der Waals surface area contributed by atoms with Gasteiger partial charge in [0.2, 0.25) is 5.91 Å². The van der Waals surface area contributed by atoms with Crippen molar-refractivity contribution in [2.24, 2.45) is 0 Å². The number of anilines is 2. The van der Waals surface area contributed by atoms with E-state index in [1.54, 1.807) is 14.2 Å². The molecule has 6 nitrogen and oxygen atoms in total. The van der Waals surface area contributed by atoms with Crippen molar-refractivity contribution in [3.63, 3.8) is 0 Å². The maximum absolute atomic E-state index is 12.2. The van der Waals surface area contributed by atoms with E-state index in [1.165, 1.54) is 12.8 Å². The van der Waals surface area contributed by atoms with Gasteiger partial charge in [0, 0.05) is 19.5 Å². The second-order valence-electron chi connectivity index (χ2n) is 6.33. The van der Waals surface area contributed by atoms with E-state index < -0.39 is 0 Å². The highest BCUT2D eigenvalue weighted by Gasteiger charge is 2.13. The topological polar surface area (TPSA) is 63.7 Å². The summed E-state index contributed by atoms with van der Waals surface area (Å²) in [5.74, 6) is 1.89. The molecule has 1 fully saturated rings. The molecule has 1 aromatic carbocycles. The van der Waals surface area contributed by atoms with Gasteiger partial charge < -0.3 is 19.7 Å². The van der Waals surface area contributed by atoms with Gasteiger partial charge in [0.15, 0.2) is 11.5 Å². The van der Waals surface area contributed by atoms with Crippen LogP contribution in [0.15, 0.2) is 36.5 Å². The molecule has 6 heteroatoms. The Morgan fingerprint density at radius 1 is 1.12 bits per heavy atom. The lowest BCUT2D eigenvalue weighted by Gasteiger charge is -2.17.